The van der Waals surface area contributed by atoms with E-state index in [0.717, 1.165) is 30.9 Å². The summed E-state index contributed by atoms with van der Waals surface area (Å²) >= 11 is 0. The molecule has 0 aliphatic heterocycles. The molecule has 0 fully saturated rings. The van der Waals surface area contributed by atoms with Gasteiger partial charge in [-0.3, -0.25) is 0 Å². The molecule has 96 valence electrons. The summed E-state index contributed by atoms with van der Waals surface area (Å²) in [5.74, 6) is 1.74. The summed E-state index contributed by atoms with van der Waals surface area (Å²) in [4.78, 5) is 0. The van der Waals surface area contributed by atoms with Gasteiger partial charge in [-0.2, -0.15) is 0 Å². The van der Waals surface area contributed by atoms with E-state index in [0.29, 0.717) is 6.04 Å². The first-order valence-corrected chi connectivity index (χ1v) is 5.76. The maximum absolute atomic E-state index is 5.45. The Morgan fingerprint density at radius 3 is 2.59 bits per heavy atom. The second-order valence-corrected chi connectivity index (χ2v) is 4.10. The van der Waals surface area contributed by atoms with Crippen molar-refractivity contribution in [3.05, 3.63) is 23.3 Å². The maximum atomic E-state index is 5.45. The molecule has 1 atom stereocenters. The normalized spacial score (nSPS) is 17.2. The fraction of sp³-hybridized carbons (Fsp3) is 0.538. The summed E-state index contributed by atoms with van der Waals surface area (Å²) in [6, 6.07) is 4.68. The SMILES string of the molecule is CCNC1Cc2ccc(OC)c(OC)c2C1.Cl. The Morgan fingerprint density at radius 2 is 2.00 bits per heavy atom. The van der Waals surface area contributed by atoms with Crippen LogP contribution in [-0.4, -0.2) is 26.8 Å². The molecule has 0 aromatic heterocycles. The quantitative estimate of drug-likeness (QED) is 0.897. The summed E-state index contributed by atoms with van der Waals surface area (Å²) in [5.41, 5.74) is 2.68. The number of likely N-dealkylation sites (N-methyl/N-ethyl adjacent to an activating group) is 1. The molecule has 0 amide bonds. The minimum Gasteiger partial charge on any atom is -0.493 e. The third kappa shape index (κ3) is 2.67. The van der Waals surface area contributed by atoms with Crippen molar-refractivity contribution in [1.29, 1.82) is 0 Å². The van der Waals surface area contributed by atoms with Gasteiger partial charge in [0, 0.05) is 11.6 Å². The van der Waals surface area contributed by atoms with Gasteiger partial charge in [0.05, 0.1) is 14.2 Å². The number of hydrogen-bond donors (Lipinski definition) is 1. The fourth-order valence-electron chi connectivity index (χ4n) is 2.46. The standard InChI is InChI=1S/C13H19NO2.ClH/c1-4-14-10-7-9-5-6-12(15-2)13(16-3)11(9)8-10;/h5-6,10,14H,4,7-8H2,1-3H3;1H. The van der Waals surface area contributed by atoms with Crippen LogP contribution in [0, 0.1) is 0 Å². The van der Waals surface area contributed by atoms with Crippen LogP contribution in [0.4, 0.5) is 0 Å². The number of methoxy groups -OCH3 is 2. The third-order valence-electron chi connectivity index (χ3n) is 3.16. The molecule has 1 N–H and O–H groups in total. The Kier molecular flexibility index (Phi) is 5.09. The van der Waals surface area contributed by atoms with E-state index < -0.39 is 0 Å². The summed E-state index contributed by atoms with van der Waals surface area (Å²) in [7, 11) is 3.39. The van der Waals surface area contributed by atoms with Crippen molar-refractivity contribution in [3.63, 3.8) is 0 Å². The Morgan fingerprint density at radius 1 is 1.24 bits per heavy atom. The Bertz CT molecular complexity index is 382. The number of ether oxygens (including phenoxy) is 2. The number of halogens is 1. The van der Waals surface area contributed by atoms with E-state index in [1.165, 1.54) is 11.1 Å². The Hall–Kier alpha value is -0.930. The number of rotatable bonds is 4. The van der Waals surface area contributed by atoms with Crippen LogP contribution in [0.5, 0.6) is 11.5 Å². The molecule has 0 heterocycles. The van der Waals surface area contributed by atoms with E-state index in [-0.39, 0.29) is 12.4 Å². The molecule has 17 heavy (non-hydrogen) atoms. The lowest BCUT2D eigenvalue weighted by molar-refractivity contribution is 0.351. The van der Waals surface area contributed by atoms with Crippen LogP contribution in [-0.2, 0) is 12.8 Å². The molecule has 1 aromatic carbocycles. The zero-order valence-corrected chi connectivity index (χ0v) is 11.4. The predicted molar refractivity (Wildman–Crippen MR) is 71.7 cm³/mol. The van der Waals surface area contributed by atoms with E-state index in [9.17, 15) is 0 Å². The smallest absolute Gasteiger partial charge is 0.164 e. The summed E-state index contributed by atoms with van der Waals surface area (Å²) in [6.45, 7) is 3.15. The van der Waals surface area contributed by atoms with Gasteiger partial charge < -0.3 is 14.8 Å². The lowest BCUT2D eigenvalue weighted by Crippen LogP contribution is -2.28. The van der Waals surface area contributed by atoms with E-state index in [2.05, 4.69) is 18.3 Å². The van der Waals surface area contributed by atoms with Crippen molar-refractivity contribution < 1.29 is 9.47 Å². The Balaban J connectivity index is 0.00000144. The largest absolute Gasteiger partial charge is 0.493 e. The topological polar surface area (TPSA) is 30.5 Å². The van der Waals surface area contributed by atoms with Crippen molar-refractivity contribution >= 4 is 12.4 Å². The summed E-state index contributed by atoms with van der Waals surface area (Å²) in [6.07, 6.45) is 2.12. The number of benzene rings is 1. The first-order chi connectivity index (χ1) is 7.80. The average Bonchev–Trinajstić information content (AvgIpc) is 2.70. The fourth-order valence-corrected chi connectivity index (χ4v) is 2.46. The van der Waals surface area contributed by atoms with Crippen LogP contribution < -0.4 is 14.8 Å². The molecular formula is C13H20ClNO2. The molecule has 3 nitrogen and oxygen atoms in total. The first-order valence-electron chi connectivity index (χ1n) is 5.76. The predicted octanol–water partition coefficient (Wildman–Crippen LogP) is 2.20. The van der Waals surface area contributed by atoms with Gasteiger partial charge in [0.1, 0.15) is 0 Å². The van der Waals surface area contributed by atoms with Gasteiger partial charge >= 0.3 is 0 Å². The van der Waals surface area contributed by atoms with Crippen LogP contribution in [0.2, 0.25) is 0 Å². The molecule has 1 aliphatic carbocycles. The van der Waals surface area contributed by atoms with Crippen molar-refractivity contribution in [1.82, 2.24) is 5.32 Å². The molecular weight excluding hydrogens is 238 g/mol. The van der Waals surface area contributed by atoms with Gasteiger partial charge in [0.25, 0.3) is 0 Å². The molecule has 0 saturated heterocycles. The zero-order valence-electron chi connectivity index (χ0n) is 10.6. The average molecular weight is 258 g/mol. The second kappa shape index (κ2) is 6.12. The van der Waals surface area contributed by atoms with Crippen LogP contribution in [0.1, 0.15) is 18.1 Å². The van der Waals surface area contributed by atoms with Crippen molar-refractivity contribution in [2.24, 2.45) is 0 Å². The van der Waals surface area contributed by atoms with Gasteiger partial charge in [0.2, 0.25) is 0 Å². The highest BCUT2D eigenvalue weighted by Crippen LogP contribution is 2.38. The van der Waals surface area contributed by atoms with E-state index in [4.69, 9.17) is 9.47 Å². The second-order valence-electron chi connectivity index (χ2n) is 4.10. The van der Waals surface area contributed by atoms with Gasteiger partial charge in [-0.1, -0.05) is 13.0 Å². The highest BCUT2D eigenvalue weighted by molar-refractivity contribution is 5.85. The molecule has 1 aromatic rings. The van der Waals surface area contributed by atoms with Crippen LogP contribution >= 0.6 is 12.4 Å². The molecule has 1 unspecified atom stereocenters. The van der Waals surface area contributed by atoms with E-state index >= 15 is 0 Å². The zero-order chi connectivity index (χ0) is 11.5. The lowest BCUT2D eigenvalue weighted by Gasteiger charge is -2.12. The van der Waals surface area contributed by atoms with Gasteiger partial charge in [-0.05, 0) is 31.0 Å². The lowest BCUT2D eigenvalue weighted by atomic mass is 10.1. The summed E-state index contributed by atoms with van der Waals surface area (Å²) in [5, 5.41) is 3.48. The van der Waals surface area contributed by atoms with Crippen LogP contribution in [0.3, 0.4) is 0 Å². The van der Waals surface area contributed by atoms with Crippen molar-refractivity contribution in [2.45, 2.75) is 25.8 Å². The minimum absolute atomic E-state index is 0. The van der Waals surface area contributed by atoms with Crippen LogP contribution in [0.25, 0.3) is 0 Å². The number of nitrogens with one attached hydrogen (secondary N) is 1. The summed E-state index contributed by atoms with van der Waals surface area (Å²) < 4.78 is 10.8. The molecule has 2 rings (SSSR count). The monoisotopic (exact) mass is 257 g/mol. The number of hydrogen-bond acceptors (Lipinski definition) is 3. The molecule has 0 bridgehead atoms. The van der Waals surface area contributed by atoms with Gasteiger partial charge in [-0.25, -0.2) is 0 Å². The number of fused-ring (bicyclic) bond motifs is 1. The molecule has 1 aliphatic rings. The van der Waals surface area contributed by atoms with Crippen LogP contribution in [0.15, 0.2) is 12.1 Å². The first kappa shape index (κ1) is 14.1. The highest BCUT2D eigenvalue weighted by atomic mass is 35.5. The highest BCUT2D eigenvalue weighted by Gasteiger charge is 2.25. The maximum Gasteiger partial charge on any atom is 0.164 e. The van der Waals surface area contributed by atoms with Crippen molar-refractivity contribution in [2.75, 3.05) is 20.8 Å². The van der Waals surface area contributed by atoms with E-state index in [1.54, 1.807) is 14.2 Å². The molecule has 4 heteroatoms. The van der Waals surface area contributed by atoms with Gasteiger partial charge in [0.15, 0.2) is 11.5 Å². The van der Waals surface area contributed by atoms with E-state index in [1.807, 2.05) is 6.07 Å². The molecule has 0 spiro atoms. The Labute approximate surface area is 109 Å². The van der Waals surface area contributed by atoms with Crippen molar-refractivity contribution in [3.8, 4) is 11.5 Å². The van der Waals surface area contributed by atoms with Gasteiger partial charge in [-0.15, -0.1) is 12.4 Å². The molecule has 0 radical (unpaired) electrons. The third-order valence-corrected chi connectivity index (χ3v) is 3.16. The minimum atomic E-state index is 0. The molecule has 0 saturated carbocycles.